The predicted octanol–water partition coefficient (Wildman–Crippen LogP) is 4.40. The number of allylic oxidation sites excluding steroid dienone is 1. The van der Waals surface area contributed by atoms with Crippen molar-refractivity contribution in [1.82, 2.24) is 24.8 Å². The van der Waals surface area contributed by atoms with Gasteiger partial charge in [0.25, 0.3) is 0 Å². The van der Waals surface area contributed by atoms with Gasteiger partial charge in [-0.05, 0) is 44.0 Å². The lowest BCUT2D eigenvalue weighted by molar-refractivity contribution is -0.137. The van der Waals surface area contributed by atoms with E-state index in [9.17, 15) is 13.2 Å². The number of alkyl halides is 3. The highest BCUT2D eigenvalue weighted by Gasteiger charge is 2.30. The summed E-state index contributed by atoms with van der Waals surface area (Å²) in [5, 5.41) is 3.20. The van der Waals surface area contributed by atoms with Crippen molar-refractivity contribution < 1.29 is 13.2 Å². The van der Waals surface area contributed by atoms with E-state index in [1.165, 1.54) is 6.07 Å². The SMILES string of the molecule is Cc1nc(NCCCC2=NCN(C)C=C2)ncc1-c1nc2ccc(C(F)(F)F)cc2[nH]1. The Bertz CT molecular complexity index is 1150. The number of rotatable bonds is 6. The lowest BCUT2D eigenvalue weighted by Crippen LogP contribution is -2.17. The molecule has 2 aromatic heterocycles. The molecule has 0 atom stereocenters. The first kappa shape index (κ1) is 20.8. The molecule has 1 aromatic carbocycles. The van der Waals surface area contributed by atoms with Gasteiger partial charge in [0, 0.05) is 31.7 Å². The van der Waals surface area contributed by atoms with E-state index in [1.54, 1.807) is 6.20 Å². The van der Waals surface area contributed by atoms with Crippen LogP contribution in [0.1, 0.15) is 24.1 Å². The summed E-state index contributed by atoms with van der Waals surface area (Å²) in [4.78, 5) is 22.6. The predicted molar refractivity (Wildman–Crippen MR) is 114 cm³/mol. The lowest BCUT2D eigenvalue weighted by Gasteiger charge is -2.16. The Balaban J connectivity index is 1.41. The van der Waals surface area contributed by atoms with E-state index in [0.717, 1.165) is 30.7 Å². The van der Waals surface area contributed by atoms with E-state index in [0.29, 0.717) is 47.3 Å². The third-order valence-electron chi connectivity index (χ3n) is 4.95. The van der Waals surface area contributed by atoms with Gasteiger partial charge in [0.05, 0.1) is 27.9 Å². The maximum atomic E-state index is 12.9. The Morgan fingerprint density at radius 2 is 2.06 bits per heavy atom. The van der Waals surface area contributed by atoms with Crippen LogP contribution in [-0.2, 0) is 6.18 Å². The third kappa shape index (κ3) is 4.84. The number of aliphatic imine (C=N–C) groups is 1. The first-order valence-electron chi connectivity index (χ1n) is 9.86. The summed E-state index contributed by atoms with van der Waals surface area (Å²) >= 11 is 0. The molecule has 7 nitrogen and oxygen atoms in total. The molecule has 10 heteroatoms. The highest BCUT2D eigenvalue weighted by atomic mass is 19.4. The molecule has 0 amide bonds. The molecular formula is C21H22F3N7. The highest BCUT2D eigenvalue weighted by molar-refractivity contribution is 5.95. The summed E-state index contributed by atoms with van der Waals surface area (Å²) in [5.74, 6) is 0.933. The van der Waals surface area contributed by atoms with Crippen molar-refractivity contribution in [2.45, 2.75) is 25.9 Å². The van der Waals surface area contributed by atoms with Crippen molar-refractivity contribution in [3.05, 3.63) is 47.9 Å². The minimum atomic E-state index is -4.40. The largest absolute Gasteiger partial charge is 0.416 e. The number of aromatic nitrogens is 4. The number of nitrogens with one attached hydrogen (secondary N) is 2. The first-order valence-corrected chi connectivity index (χ1v) is 9.86. The third-order valence-corrected chi connectivity index (χ3v) is 4.95. The van der Waals surface area contributed by atoms with Crippen LogP contribution in [-0.4, -0.2) is 50.8 Å². The Morgan fingerprint density at radius 1 is 1.23 bits per heavy atom. The van der Waals surface area contributed by atoms with Gasteiger partial charge in [0.1, 0.15) is 12.5 Å². The minimum Gasteiger partial charge on any atom is -0.361 e. The Morgan fingerprint density at radius 3 is 2.77 bits per heavy atom. The maximum absolute atomic E-state index is 12.9. The van der Waals surface area contributed by atoms with Gasteiger partial charge in [-0.2, -0.15) is 13.2 Å². The number of fused-ring (bicyclic) bond motifs is 1. The monoisotopic (exact) mass is 429 g/mol. The van der Waals surface area contributed by atoms with Crippen molar-refractivity contribution in [2.24, 2.45) is 4.99 Å². The maximum Gasteiger partial charge on any atom is 0.416 e. The molecule has 31 heavy (non-hydrogen) atoms. The van der Waals surface area contributed by atoms with Gasteiger partial charge < -0.3 is 15.2 Å². The van der Waals surface area contributed by atoms with Gasteiger partial charge in [-0.15, -0.1) is 0 Å². The molecule has 4 rings (SSSR count). The van der Waals surface area contributed by atoms with Gasteiger partial charge in [-0.25, -0.2) is 15.0 Å². The number of aryl methyl sites for hydroxylation is 1. The molecule has 3 heterocycles. The number of aromatic amines is 1. The summed E-state index contributed by atoms with van der Waals surface area (Å²) in [6.07, 6.45) is 3.02. The van der Waals surface area contributed by atoms with Crippen molar-refractivity contribution in [3.63, 3.8) is 0 Å². The lowest BCUT2D eigenvalue weighted by atomic mass is 10.2. The van der Waals surface area contributed by atoms with E-state index in [-0.39, 0.29) is 0 Å². The number of hydrogen-bond acceptors (Lipinski definition) is 6. The molecule has 0 spiro atoms. The van der Waals surface area contributed by atoms with Crippen LogP contribution in [0.15, 0.2) is 41.7 Å². The number of imidazole rings is 1. The van der Waals surface area contributed by atoms with Crippen molar-refractivity contribution in [1.29, 1.82) is 0 Å². The zero-order chi connectivity index (χ0) is 22.0. The second kappa shape index (κ2) is 8.37. The molecule has 0 radical (unpaired) electrons. The van der Waals surface area contributed by atoms with E-state index in [1.807, 2.05) is 31.1 Å². The number of halogens is 3. The molecule has 162 valence electrons. The van der Waals surface area contributed by atoms with Crippen LogP contribution in [0.2, 0.25) is 0 Å². The molecule has 0 saturated carbocycles. The summed E-state index contributed by atoms with van der Waals surface area (Å²) in [6, 6.07) is 3.44. The summed E-state index contributed by atoms with van der Waals surface area (Å²) in [5.41, 5.74) is 2.44. The fraction of sp³-hybridized carbons (Fsp3) is 0.333. The fourth-order valence-electron chi connectivity index (χ4n) is 3.25. The number of H-pyrrole nitrogens is 1. The molecule has 0 fully saturated rings. The average molecular weight is 429 g/mol. The summed E-state index contributed by atoms with van der Waals surface area (Å²) in [7, 11) is 1.98. The molecule has 0 saturated heterocycles. The molecule has 3 aromatic rings. The average Bonchev–Trinajstić information content (AvgIpc) is 3.15. The molecular weight excluding hydrogens is 407 g/mol. The number of anilines is 1. The number of hydrogen-bond donors (Lipinski definition) is 2. The van der Waals surface area contributed by atoms with Gasteiger partial charge in [0.2, 0.25) is 5.95 Å². The van der Waals surface area contributed by atoms with Crippen molar-refractivity contribution >= 4 is 22.7 Å². The Labute approximate surface area is 177 Å². The van der Waals surface area contributed by atoms with Gasteiger partial charge in [-0.1, -0.05) is 0 Å². The standard InChI is InChI=1S/C21H22F3N7/c1-13-16(19-29-17-6-5-14(21(22,23)24)10-18(17)30-19)11-26-20(28-13)25-8-3-4-15-7-9-31(2)12-27-15/h5-7,9-11H,3-4,8,12H2,1-2H3,(H,29,30)(H,25,26,28). The second-order valence-electron chi connectivity index (χ2n) is 7.40. The zero-order valence-corrected chi connectivity index (χ0v) is 17.2. The molecule has 0 aliphatic carbocycles. The Hall–Kier alpha value is -3.43. The molecule has 1 aliphatic heterocycles. The summed E-state index contributed by atoms with van der Waals surface area (Å²) < 4.78 is 38.8. The highest BCUT2D eigenvalue weighted by Crippen LogP contribution is 2.32. The quantitative estimate of drug-likeness (QED) is 0.568. The smallest absolute Gasteiger partial charge is 0.361 e. The normalized spacial score (nSPS) is 14.2. The second-order valence-corrected chi connectivity index (χ2v) is 7.40. The van der Waals surface area contributed by atoms with E-state index < -0.39 is 11.7 Å². The van der Waals surface area contributed by atoms with Crippen LogP contribution in [0.5, 0.6) is 0 Å². The number of benzene rings is 1. The first-order chi connectivity index (χ1) is 14.8. The van der Waals surface area contributed by atoms with Crippen LogP contribution >= 0.6 is 0 Å². The fourth-order valence-corrected chi connectivity index (χ4v) is 3.25. The van der Waals surface area contributed by atoms with Crippen molar-refractivity contribution in [2.75, 3.05) is 25.6 Å². The molecule has 0 bridgehead atoms. The van der Waals surface area contributed by atoms with E-state index in [2.05, 4.69) is 30.2 Å². The summed E-state index contributed by atoms with van der Waals surface area (Å²) in [6.45, 7) is 3.20. The van der Waals surface area contributed by atoms with Crippen molar-refractivity contribution in [3.8, 4) is 11.4 Å². The van der Waals surface area contributed by atoms with Crippen LogP contribution < -0.4 is 5.32 Å². The minimum absolute atomic E-state index is 0.317. The molecule has 0 unspecified atom stereocenters. The van der Waals surface area contributed by atoms with Gasteiger partial charge in [0.15, 0.2) is 0 Å². The van der Waals surface area contributed by atoms with E-state index >= 15 is 0 Å². The zero-order valence-electron chi connectivity index (χ0n) is 17.2. The topological polar surface area (TPSA) is 82.1 Å². The molecule has 2 N–H and O–H groups in total. The van der Waals surface area contributed by atoms with E-state index in [4.69, 9.17) is 0 Å². The van der Waals surface area contributed by atoms with Crippen LogP contribution in [0, 0.1) is 6.92 Å². The molecule has 1 aliphatic rings. The van der Waals surface area contributed by atoms with Gasteiger partial charge >= 0.3 is 6.18 Å². The van der Waals surface area contributed by atoms with Gasteiger partial charge in [-0.3, -0.25) is 4.99 Å². The van der Waals surface area contributed by atoms with Crippen LogP contribution in [0.25, 0.3) is 22.4 Å². The Kier molecular flexibility index (Phi) is 5.62. The van der Waals surface area contributed by atoms with Crippen LogP contribution in [0.4, 0.5) is 19.1 Å². The number of nitrogens with zero attached hydrogens (tertiary/aromatic N) is 5. The van der Waals surface area contributed by atoms with Crippen LogP contribution in [0.3, 0.4) is 0 Å².